The Morgan fingerprint density at radius 3 is 2.52 bits per heavy atom. The van der Waals surface area contributed by atoms with Crippen molar-refractivity contribution in [1.29, 1.82) is 0 Å². The van der Waals surface area contributed by atoms with Crippen molar-refractivity contribution in [3.8, 4) is 11.5 Å². The maximum absolute atomic E-state index is 12.1. The highest BCUT2D eigenvalue weighted by atomic mass is 32.2. The van der Waals surface area contributed by atoms with Gasteiger partial charge in [0.05, 0.1) is 5.69 Å². The molecule has 1 saturated carbocycles. The standard InChI is InChI=1S/C15H20N2O3S/c1-21-14-9-13-12(19-6-7-20-13)8-11(14)17-15(18)16-10-4-2-3-5-10/h8-10H,2-7H2,1H3,(H2,16,17,18). The van der Waals surface area contributed by atoms with Crippen molar-refractivity contribution in [2.75, 3.05) is 24.8 Å². The van der Waals surface area contributed by atoms with Gasteiger partial charge in [-0.05, 0) is 25.2 Å². The SMILES string of the molecule is CSc1cc2c(cc1NC(=O)NC1CCCC1)OCCO2. The number of hydrogen-bond acceptors (Lipinski definition) is 4. The van der Waals surface area contributed by atoms with Gasteiger partial charge in [-0.1, -0.05) is 12.8 Å². The molecule has 0 aromatic heterocycles. The van der Waals surface area contributed by atoms with E-state index in [1.54, 1.807) is 11.8 Å². The molecule has 2 aliphatic rings. The van der Waals surface area contributed by atoms with Crippen LogP contribution in [-0.4, -0.2) is 31.5 Å². The van der Waals surface area contributed by atoms with Crippen LogP contribution < -0.4 is 20.1 Å². The summed E-state index contributed by atoms with van der Waals surface area (Å²) >= 11 is 1.57. The van der Waals surface area contributed by atoms with Crippen molar-refractivity contribution in [2.45, 2.75) is 36.6 Å². The Bertz CT molecular complexity index is 530. The quantitative estimate of drug-likeness (QED) is 0.842. The average molecular weight is 308 g/mol. The van der Waals surface area contributed by atoms with E-state index in [1.807, 2.05) is 18.4 Å². The molecule has 1 heterocycles. The topological polar surface area (TPSA) is 59.6 Å². The van der Waals surface area contributed by atoms with Crippen molar-refractivity contribution >= 4 is 23.5 Å². The minimum atomic E-state index is -0.145. The van der Waals surface area contributed by atoms with E-state index in [0.717, 1.165) is 29.2 Å². The van der Waals surface area contributed by atoms with E-state index < -0.39 is 0 Å². The van der Waals surface area contributed by atoms with Gasteiger partial charge >= 0.3 is 6.03 Å². The first-order chi connectivity index (χ1) is 10.3. The van der Waals surface area contributed by atoms with E-state index >= 15 is 0 Å². The van der Waals surface area contributed by atoms with E-state index in [-0.39, 0.29) is 6.03 Å². The Labute approximate surface area is 128 Å². The van der Waals surface area contributed by atoms with Crippen molar-refractivity contribution in [2.24, 2.45) is 0 Å². The summed E-state index contributed by atoms with van der Waals surface area (Å²) in [4.78, 5) is 13.1. The van der Waals surface area contributed by atoms with Gasteiger partial charge in [0.1, 0.15) is 13.2 Å². The molecule has 5 nitrogen and oxygen atoms in total. The highest BCUT2D eigenvalue weighted by Gasteiger charge is 2.19. The number of carbonyl (C=O) groups is 1. The Morgan fingerprint density at radius 1 is 1.19 bits per heavy atom. The fraction of sp³-hybridized carbons (Fsp3) is 0.533. The third-order valence-electron chi connectivity index (χ3n) is 3.80. The number of benzene rings is 1. The lowest BCUT2D eigenvalue weighted by molar-refractivity contribution is 0.171. The van der Waals surface area contributed by atoms with Gasteiger partial charge in [0.15, 0.2) is 11.5 Å². The van der Waals surface area contributed by atoms with Crippen molar-refractivity contribution < 1.29 is 14.3 Å². The van der Waals surface area contributed by atoms with Crippen LogP contribution in [0.1, 0.15) is 25.7 Å². The number of fused-ring (bicyclic) bond motifs is 1. The lowest BCUT2D eigenvalue weighted by atomic mass is 10.2. The predicted molar refractivity (Wildman–Crippen MR) is 83.6 cm³/mol. The third-order valence-corrected chi connectivity index (χ3v) is 4.58. The molecule has 0 atom stereocenters. The third kappa shape index (κ3) is 3.37. The van der Waals surface area contributed by atoms with Crippen LogP contribution in [0.3, 0.4) is 0 Å². The minimum Gasteiger partial charge on any atom is -0.486 e. The van der Waals surface area contributed by atoms with Gasteiger partial charge in [-0.25, -0.2) is 4.79 Å². The zero-order valence-corrected chi connectivity index (χ0v) is 12.9. The normalized spacial score (nSPS) is 17.6. The van der Waals surface area contributed by atoms with Gasteiger partial charge in [-0.15, -0.1) is 11.8 Å². The molecule has 114 valence electrons. The van der Waals surface area contributed by atoms with Crippen LogP contribution in [0, 0.1) is 0 Å². The maximum Gasteiger partial charge on any atom is 0.319 e. The molecule has 2 amide bonds. The van der Waals surface area contributed by atoms with Crippen molar-refractivity contribution in [1.82, 2.24) is 5.32 Å². The number of carbonyl (C=O) groups excluding carboxylic acids is 1. The van der Waals surface area contributed by atoms with Crippen LogP contribution in [0.2, 0.25) is 0 Å². The first kappa shape index (κ1) is 14.4. The highest BCUT2D eigenvalue weighted by Crippen LogP contribution is 2.39. The first-order valence-corrected chi connectivity index (χ1v) is 8.54. The van der Waals surface area contributed by atoms with Gasteiger partial charge in [-0.3, -0.25) is 0 Å². The lowest BCUT2D eigenvalue weighted by Crippen LogP contribution is -2.36. The molecule has 1 aromatic carbocycles. The highest BCUT2D eigenvalue weighted by molar-refractivity contribution is 7.98. The maximum atomic E-state index is 12.1. The van der Waals surface area contributed by atoms with Crippen LogP contribution in [0.25, 0.3) is 0 Å². The van der Waals surface area contributed by atoms with Gasteiger partial charge in [0.25, 0.3) is 0 Å². The molecule has 0 unspecified atom stereocenters. The Balaban J connectivity index is 1.72. The zero-order chi connectivity index (χ0) is 14.7. The number of amides is 2. The zero-order valence-electron chi connectivity index (χ0n) is 12.1. The molecular weight excluding hydrogens is 288 g/mol. The monoisotopic (exact) mass is 308 g/mol. The fourth-order valence-electron chi connectivity index (χ4n) is 2.75. The molecule has 0 spiro atoms. The van der Waals surface area contributed by atoms with Crippen molar-refractivity contribution in [3.63, 3.8) is 0 Å². The minimum absolute atomic E-state index is 0.145. The molecule has 21 heavy (non-hydrogen) atoms. The summed E-state index contributed by atoms with van der Waals surface area (Å²) in [5.74, 6) is 1.43. The summed E-state index contributed by atoms with van der Waals surface area (Å²) in [6.07, 6.45) is 6.52. The molecule has 1 aliphatic heterocycles. The molecule has 1 aliphatic carbocycles. The number of thioether (sulfide) groups is 1. The molecule has 6 heteroatoms. The van der Waals surface area contributed by atoms with E-state index in [2.05, 4.69) is 10.6 Å². The van der Waals surface area contributed by atoms with Crippen LogP contribution in [0.5, 0.6) is 11.5 Å². The molecule has 3 rings (SSSR count). The summed E-state index contributed by atoms with van der Waals surface area (Å²) < 4.78 is 11.1. The Morgan fingerprint density at radius 2 is 1.86 bits per heavy atom. The van der Waals surface area contributed by atoms with Crippen LogP contribution in [-0.2, 0) is 0 Å². The number of urea groups is 1. The van der Waals surface area contributed by atoms with Crippen LogP contribution >= 0.6 is 11.8 Å². The van der Waals surface area contributed by atoms with E-state index in [0.29, 0.717) is 25.0 Å². The first-order valence-electron chi connectivity index (χ1n) is 7.31. The van der Waals surface area contributed by atoms with Gasteiger partial charge in [0, 0.05) is 17.0 Å². The number of nitrogens with one attached hydrogen (secondary N) is 2. The molecule has 2 N–H and O–H groups in total. The van der Waals surface area contributed by atoms with Crippen LogP contribution in [0.4, 0.5) is 10.5 Å². The van der Waals surface area contributed by atoms with E-state index in [9.17, 15) is 4.79 Å². The lowest BCUT2D eigenvalue weighted by Gasteiger charge is -2.21. The van der Waals surface area contributed by atoms with E-state index in [4.69, 9.17) is 9.47 Å². The number of ether oxygens (including phenoxy) is 2. The summed E-state index contributed by atoms with van der Waals surface area (Å²) in [6.45, 7) is 1.11. The predicted octanol–water partition coefficient (Wildman–Crippen LogP) is 3.24. The second-order valence-electron chi connectivity index (χ2n) is 5.28. The smallest absolute Gasteiger partial charge is 0.319 e. The number of rotatable bonds is 3. The Kier molecular flexibility index (Phi) is 4.43. The van der Waals surface area contributed by atoms with Gasteiger partial charge < -0.3 is 20.1 Å². The van der Waals surface area contributed by atoms with E-state index in [1.165, 1.54) is 12.8 Å². The molecule has 0 bridgehead atoms. The summed E-state index contributed by atoms with van der Waals surface area (Å²) in [5.41, 5.74) is 0.766. The molecule has 1 aromatic rings. The number of anilines is 1. The molecule has 0 radical (unpaired) electrons. The summed E-state index contributed by atoms with van der Waals surface area (Å²) in [7, 11) is 0. The average Bonchev–Trinajstić information content (AvgIpc) is 2.99. The summed E-state index contributed by atoms with van der Waals surface area (Å²) in [5, 5.41) is 5.96. The Hall–Kier alpha value is -1.56. The largest absolute Gasteiger partial charge is 0.486 e. The second-order valence-corrected chi connectivity index (χ2v) is 6.12. The molecule has 0 saturated heterocycles. The van der Waals surface area contributed by atoms with Crippen LogP contribution in [0.15, 0.2) is 17.0 Å². The molecular formula is C15H20N2O3S. The van der Waals surface area contributed by atoms with Gasteiger partial charge in [0.2, 0.25) is 0 Å². The van der Waals surface area contributed by atoms with Crippen molar-refractivity contribution in [3.05, 3.63) is 12.1 Å². The van der Waals surface area contributed by atoms with Gasteiger partial charge in [-0.2, -0.15) is 0 Å². The fourth-order valence-corrected chi connectivity index (χ4v) is 3.31. The summed E-state index contributed by atoms with van der Waals surface area (Å²) in [6, 6.07) is 3.92. The second kappa shape index (κ2) is 6.47. The number of hydrogen-bond donors (Lipinski definition) is 2. The molecule has 1 fully saturated rings.